The molecule has 0 spiro atoms. The highest BCUT2D eigenvalue weighted by Gasteiger charge is 2.11. The molecule has 7 heteroatoms. The Morgan fingerprint density at radius 1 is 1.33 bits per heavy atom. The van der Waals surface area contributed by atoms with Crippen LogP contribution in [-0.4, -0.2) is 17.2 Å². The number of nitrogens with one attached hydrogen (secondary N) is 1. The number of benzene rings is 1. The number of methoxy groups -OCH3 is 1. The number of ether oxygens (including phenoxy) is 1. The van der Waals surface area contributed by atoms with Crippen LogP contribution < -0.4 is 10.1 Å². The van der Waals surface area contributed by atoms with Gasteiger partial charge in [-0.05, 0) is 25.5 Å². The fourth-order valence-corrected chi connectivity index (χ4v) is 2.05. The van der Waals surface area contributed by atoms with Gasteiger partial charge in [0.05, 0.1) is 23.8 Å². The molecule has 1 heterocycles. The summed E-state index contributed by atoms with van der Waals surface area (Å²) in [5.41, 5.74) is 2.65. The Balaban J connectivity index is 2.06. The van der Waals surface area contributed by atoms with Crippen LogP contribution in [0, 0.1) is 24.0 Å². The highest BCUT2D eigenvalue weighted by molar-refractivity contribution is 5.42. The molecule has 2 rings (SSSR count). The van der Waals surface area contributed by atoms with E-state index in [-0.39, 0.29) is 5.69 Å². The number of rotatable bonds is 6. The molecule has 0 radical (unpaired) electrons. The molecular formula is C14H17N3O4. The quantitative estimate of drug-likeness (QED) is 0.649. The molecule has 0 bridgehead atoms. The first-order valence-corrected chi connectivity index (χ1v) is 6.46. The normalized spacial score (nSPS) is 10.6. The van der Waals surface area contributed by atoms with Crippen LogP contribution in [0.2, 0.25) is 0 Å². The molecule has 2 aromatic rings. The molecule has 21 heavy (non-hydrogen) atoms. The van der Waals surface area contributed by atoms with Gasteiger partial charge < -0.3 is 14.6 Å². The van der Waals surface area contributed by atoms with Crippen LogP contribution in [0.1, 0.15) is 22.6 Å². The third-order valence-corrected chi connectivity index (χ3v) is 3.21. The SMILES string of the molecule is COc1cc(CNCc2c(C)noc2C)cc([N+](=O)[O-])c1. The highest BCUT2D eigenvalue weighted by atomic mass is 16.6. The number of hydrogen-bond donors (Lipinski definition) is 1. The van der Waals surface area contributed by atoms with Gasteiger partial charge in [0.2, 0.25) is 0 Å². The van der Waals surface area contributed by atoms with E-state index in [0.29, 0.717) is 18.8 Å². The first-order chi connectivity index (χ1) is 10.0. The minimum atomic E-state index is -0.430. The summed E-state index contributed by atoms with van der Waals surface area (Å²) >= 11 is 0. The molecule has 0 unspecified atom stereocenters. The zero-order valence-electron chi connectivity index (χ0n) is 12.2. The maximum atomic E-state index is 10.9. The predicted octanol–water partition coefficient (Wildman–Crippen LogP) is 2.50. The molecule has 0 amide bonds. The summed E-state index contributed by atoms with van der Waals surface area (Å²) in [6, 6.07) is 4.70. The second-order valence-corrected chi connectivity index (χ2v) is 4.70. The topological polar surface area (TPSA) is 90.4 Å². The maximum absolute atomic E-state index is 10.9. The van der Waals surface area contributed by atoms with Crippen molar-refractivity contribution in [2.24, 2.45) is 0 Å². The molecule has 1 N–H and O–H groups in total. The van der Waals surface area contributed by atoms with Gasteiger partial charge in [-0.3, -0.25) is 10.1 Å². The van der Waals surface area contributed by atoms with E-state index in [1.807, 2.05) is 13.8 Å². The predicted molar refractivity (Wildman–Crippen MR) is 76.2 cm³/mol. The van der Waals surface area contributed by atoms with Gasteiger partial charge in [0.1, 0.15) is 11.5 Å². The van der Waals surface area contributed by atoms with E-state index in [4.69, 9.17) is 9.26 Å². The van der Waals surface area contributed by atoms with E-state index in [0.717, 1.165) is 22.6 Å². The first kappa shape index (κ1) is 15.0. The van der Waals surface area contributed by atoms with Crippen molar-refractivity contribution in [2.45, 2.75) is 26.9 Å². The van der Waals surface area contributed by atoms with E-state index in [2.05, 4.69) is 10.5 Å². The largest absolute Gasteiger partial charge is 0.496 e. The van der Waals surface area contributed by atoms with Crippen molar-refractivity contribution >= 4 is 5.69 Å². The summed E-state index contributed by atoms with van der Waals surface area (Å²) < 4.78 is 10.2. The number of aryl methyl sites for hydroxylation is 2. The zero-order chi connectivity index (χ0) is 15.4. The summed E-state index contributed by atoms with van der Waals surface area (Å²) in [6.45, 7) is 4.81. The first-order valence-electron chi connectivity index (χ1n) is 6.46. The summed E-state index contributed by atoms with van der Waals surface area (Å²) in [5, 5.41) is 18.0. The second kappa shape index (κ2) is 6.36. The van der Waals surface area contributed by atoms with Gasteiger partial charge >= 0.3 is 0 Å². The summed E-state index contributed by atoms with van der Waals surface area (Å²) in [5.74, 6) is 1.25. The molecule has 0 aliphatic heterocycles. The fourth-order valence-electron chi connectivity index (χ4n) is 2.05. The average Bonchev–Trinajstić information content (AvgIpc) is 2.78. The van der Waals surface area contributed by atoms with E-state index < -0.39 is 4.92 Å². The second-order valence-electron chi connectivity index (χ2n) is 4.70. The molecule has 7 nitrogen and oxygen atoms in total. The van der Waals surface area contributed by atoms with Crippen LogP contribution in [0.5, 0.6) is 5.75 Å². The average molecular weight is 291 g/mol. The Morgan fingerprint density at radius 3 is 2.67 bits per heavy atom. The van der Waals surface area contributed by atoms with Crippen molar-refractivity contribution in [3.63, 3.8) is 0 Å². The van der Waals surface area contributed by atoms with Gasteiger partial charge in [0.25, 0.3) is 5.69 Å². The molecule has 0 saturated heterocycles. The zero-order valence-corrected chi connectivity index (χ0v) is 12.2. The summed E-state index contributed by atoms with van der Waals surface area (Å²) in [4.78, 5) is 10.4. The van der Waals surface area contributed by atoms with Gasteiger partial charge in [-0.1, -0.05) is 5.16 Å². The van der Waals surface area contributed by atoms with Crippen LogP contribution in [-0.2, 0) is 13.1 Å². The van der Waals surface area contributed by atoms with Gasteiger partial charge in [-0.25, -0.2) is 0 Å². The van der Waals surface area contributed by atoms with E-state index in [1.54, 1.807) is 6.07 Å². The van der Waals surface area contributed by atoms with E-state index in [9.17, 15) is 10.1 Å². The van der Waals surface area contributed by atoms with Gasteiger partial charge in [-0.15, -0.1) is 0 Å². The Morgan fingerprint density at radius 2 is 2.10 bits per heavy atom. The van der Waals surface area contributed by atoms with Crippen LogP contribution in [0.3, 0.4) is 0 Å². The monoisotopic (exact) mass is 291 g/mol. The molecule has 0 saturated carbocycles. The lowest BCUT2D eigenvalue weighted by molar-refractivity contribution is -0.385. The third-order valence-electron chi connectivity index (χ3n) is 3.21. The molecule has 112 valence electrons. The smallest absolute Gasteiger partial charge is 0.273 e. The van der Waals surface area contributed by atoms with Crippen LogP contribution >= 0.6 is 0 Å². The van der Waals surface area contributed by atoms with Crippen molar-refractivity contribution in [1.82, 2.24) is 10.5 Å². The van der Waals surface area contributed by atoms with Crippen LogP contribution in [0.4, 0.5) is 5.69 Å². The minimum Gasteiger partial charge on any atom is -0.496 e. The van der Waals surface area contributed by atoms with Crippen LogP contribution in [0.15, 0.2) is 22.7 Å². The Labute approximate surface area is 122 Å². The highest BCUT2D eigenvalue weighted by Crippen LogP contribution is 2.22. The lowest BCUT2D eigenvalue weighted by atomic mass is 10.1. The van der Waals surface area contributed by atoms with Gasteiger partial charge in [0, 0.05) is 24.7 Å². The molecule has 0 atom stereocenters. The summed E-state index contributed by atoms with van der Waals surface area (Å²) in [6.07, 6.45) is 0. The van der Waals surface area contributed by atoms with E-state index in [1.165, 1.54) is 19.2 Å². The van der Waals surface area contributed by atoms with Crippen LogP contribution in [0.25, 0.3) is 0 Å². The van der Waals surface area contributed by atoms with Gasteiger partial charge in [0.15, 0.2) is 0 Å². The molecule has 0 aliphatic rings. The Hall–Kier alpha value is -2.41. The number of aromatic nitrogens is 1. The number of nitro groups is 1. The number of nitrogens with zero attached hydrogens (tertiary/aromatic N) is 2. The van der Waals surface area contributed by atoms with Crippen molar-refractivity contribution in [2.75, 3.05) is 7.11 Å². The standard InChI is InChI=1S/C14H17N3O4/c1-9-14(10(2)21-16-9)8-15-7-11-4-12(17(18)19)6-13(5-11)20-3/h4-6,15H,7-8H2,1-3H3. The Kier molecular flexibility index (Phi) is 4.54. The van der Waals surface area contributed by atoms with Crippen molar-refractivity contribution in [3.8, 4) is 5.75 Å². The minimum absolute atomic E-state index is 0.0171. The van der Waals surface area contributed by atoms with Gasteiger partial charge in [-0.2, -0.15) is 0 Å². The lowest BCUT2D eigenvalue weighted by Gasteiger charge is -2.07. The molecule has 0 fully saturated rings. The Bertz CT molecular complexity index is 632. The number of non-ortho nitro benzene ring substituents is 1. The summed E-state index contributed by atoms with van der Waals surface area (Å²) in [7, 11) is 1.49. The maximum Gasteiger partial charge on any atom is 0.273 e. The number of hydrogen-bond acceptors (Lipinski definition) is 6. The lowest BCUT2D eigenvalue weighted by Crippen LogP contribution is -2.14. The fraction of sp³-hybridized carbons (Fsp3) is 0.357. The van der Waals surface area contributed by atoms with Crippen molar-refractivity contribution in [3.05, 3.63) is 50.9 Å². The van der Waals surface area contributed by atoms with Crippen molar-refractivity contribution in [1.29, 1.82) is 0 Å². The molecule has 0 aliphatic carbocycles. The van der Waals surface area contributed by atoms with E-state index >= 15 is 0 Å². The molecule has 1 aromatic heterocycles. The number of nitro benzene ring substituents is 1. The molecule has 1 aromatic carbocycles. The van der Waals surface area contributed by atoms with Crippen molar-refractivity contribution < 1.29 is 14.2 Å². The third kappa shape index (κ3) is 3.57. The molecular weight excluding hydrogens is 274 g/mol.